The Balaban J connectivity index is -0.000000112. The first-order valence-electron chi connectivity index (χ1n) is 13.3. The molecule has 0 saturated carbocycles. The average molecular weight is 553 g/mol. The molecule has 0 aliphatic heterocycles. The molecule has 226 valence electrons. The number of thiol groups is 1. The van der Waals surface area contributed by atoms with Crippen LogP contribution >= 0.6 is 12.6 Å². The first-order valence-corrected chi connectivity index (χ1v) is 13.9. The van der Waals surface area contributed by atoms with Crippen LogP contribution in [0.2, 0.25) is 0 Å². The van der Waals surface area contributed by atoms with Gasteiger partial charge in [0, 0.05) is 12.8 Å². The average Bonchev–Trinajstić information content (AvgIpc) is 2.48. The second-order valence-corrected chi connectivity index (χ2v) is 15.8. The second kappa shape index (κ2) is 20.0. The molecule has 0 fully saturated rings. The van der Waals surface area contributed by atoms with E-state index in [0.29, 0.717) is 16.2 Å². The highest BCUT2D eigenvalue weighted by Gasteiger charge is 2.33. The Morgan fingerprint density at radius 1 is 0.556 bits per heavy atom. The maximum absolute atomic E-state index is 11.6. The van der Waals surface area contributed by atoms with E-state index in [2.05, 4.69) is 88.8 Å². The van der Waals surface area contributed by atoms with E-state index in [1.54, 1.807) is 41.5 Å². The zero-order valence-corrected chi connectivity index (χ0v) is 28.1. The summed E-state index contributed by atoms with van der Waals surface area (Å²) in [5.74, 6) is 0.965. The Morgan fingerprint density at radius 3 is 0.861 bits per heavy atom. The van der Waals surface area contributed by atoms with Gasteiger partial charge >= 0.3 is 6.18 Å². The van der Waals surface area contributed by atoms with Gasteiger partial charge in [-0.1, -0.05) is 131 Å². The number of halogens is 5. The van der Waals surface area contributed by atoms with Crippen molar-refractivity contribution in [2.24, 2.45) is 27.1 Å². The normalized spacial score (nSPS) is 12.7. The van der Waals surface area contributed by atoms with Gasteiger partial charge in [0.2, 0.25) is 6.43 Å². The van der Waals surface area contributed by atoms with E-state index in [1.807, 2.05) is 0 Å². The van der Waals surface area contributed by atoms with Gasteiger partial charge in [-0.25, -0.2) is 8.78 Å². The van der Waals surface area contributed by atoms with Gasteiger partial charge in [0.25, 0.3) is 0 Å². The Bertz CT molecular complexity index is 437. The Morgan fingerprint density at radius 2 is 0.861 bits per heavy atom. The van der Waals surface area contributed by atoms with Crippen molar-refractivity contribution in [3.8, 4) is 0 Å². The first-order chi connectivity index (χ1) is 15.3. The molecular formula is C30H65F5S. The van der Waals surface area contributed by atoms with E-state index in [4.69, 9.17) is 0 Å². The second-order valence-electron chi connectivity index (χ2n) is 15.5. The van der Waals surface area contributed by atoms with E-state index >= 15 is 0 Å². The van der Waals surface area contributed by atoms with Crippen LogP contribution in [0.25, 0.3) is 0 Å². The molecule has 6 heteroatoms. The molecule has 0 radical (unpaired) electrons. The van der Waals surface area contributed by atoms with Crippen LogP contribution in [0.3, 0.4) is 0 Å². The molecule has 0 aromatic rings. The fourth-order valence-electron chi connectivity index (χ4n) is 1.81. The number of hydrogen-bond donors (Lipinski definition) is 1. The molecule has 0 heterocycles. The van der Waals surface area contributed by atoms with Crippen LogP contribution in [0.1, 0.15) is 150 Å². The Hall–Kier alpha value is -0.0000000000000000555. The van der Waals surface area contributed by atoms with Crippen LogP contribution in [-0.2, 0) is 0 Å². The molecule has 0 rings (SSSR count). The molecule has 0 aromatic heterocycles. The summed E-state index contributed by atoms with van der Waals surface area (Å²) < 4.78 is 57.7. The van der Waals surface area contributed by atoms with Crippen molar-refractivity contribution in [3.05, 3.63) is 0 Å². The van der Waals surface area contributed by atoms with E-state index in [9.17, 15) is 22.0 Å². The van der Waals surface area contributed by atoms with Crippen LogP contribution in [0.15, 0.2) is 0 Å². The van der Waals surface area contributed by atoms with Gasteiger partial charge in [0.05, 0.1) is 0 Å². The molecular weight excluding hydrogens is 487 g/mol. The van der Waals surface area contributed by atoms with Crippen molar-refractivity contribution in [1.82, 2.24) is 0 Å². The first kappa shape index (κ1) is 45.9. The topological polar surface area (TPSA) is 0 Å². The van der Waals surface area contributed by atoms with E-state index < -0.39 is 24.4 Å². The smallest absolute Gasteiger partial charge is 0.211 e. The Kier molecular flexibility index (Phi) is 25.5. The van der Waals surface area contributed by atoms with Gasteiger partial charge in [-0.2, -0.15) is 25.8 Å². The lowest BCUT2D eigenvalue weighted by atomic mass is 9.91. The van der Waals surface area contributed by atoms with Gasteiger partial charge < -0.3 is 0 Å². The predicted molar refractivity (Wildman–Crippen MR) is 158 cm³/mol. The molecule has 0 amide bonds. The van der Waals surface area contributed by atoms with Gasteiger partial charge in [-0.15, -0.1) is 0 Å². The van der Waals surface area contributed by atoms with E-state index in [0.717, 1.165) is 5.75 Å². The Labute approximate surface area is 229 Å². The summed E-state index contributed by atoms with van der Waals surface area (Å²) in [6.07, 6.45) is -2.97. The fourth-order valence-corrected chi connectivity index (χ4v) is 1.81. The van der Waals surface area contributed by atoms with Gasteiger partial charge in [0.1, 0.15) is 0 Å². The SMILES string of the molecule is CC(C)(C)CC(F)(F)F.CC(C)(C)CC(F)F.CC(C)(C)CS.CCC(C)(C)C.CCCC(C)(C)C. The van der Waals surface area contributed by atoms with E-state index in [1.165, 1.54) is 19.3 Å². The molecule has 0 aromatic carbocycles. The molecule has 0 aliphatic rings. The lowest BCUT2D eigenvalue weighted by molar-refractivity contribution is -0.152. The van der Waals surface area contributed by atoms with Crippen molar-refractivity contribution in [3.63, 3.8) is 0 Å². The van der Waals surface area contributed by atoms with Crippen LogP contribution in [0.4, 0.5) is 22.0 Å². The van der Waals surface area contributed by atoms with Crippen LogP contribution in [0.5, 0.6) is 0 Å². The summed E-state index contributed by atoms with van der Waals surface area (Å²) in [6.45, 7) is 34.6. The fraction of sp³-hybridized carbons (Fsp3) is 1.00. The van der Waals surface area contributed by atoms with Crippen LogP contribution in [-0.4, -0.2) is 18.4 Å². The third kappa shape index (κ3) is 84.0. The highest BCUT2D eigenvalue weighted by atomic mass is 32.1. The zero-order valence-electron chi connectivity index (χ0n) is 27.2. The molecule has 0 nitrogen and oxygen atoms in total. The quantitative estimate of drug-likeness (QED) is 0.255. The third-order valence-electron chi connectivity index (χ3n) is 4.03. The monoisotopic (exact) mass is 552 g/mol. The molecule has 0 unspecified atom stereocenters. The maximum atomic E-state index is 11.6. The standard InChI is InChI=1S/C7H16.C6H11F3.C6H12F2.C6H14.C5H12S/c1-5-6-7(2,3)4;1-5(2,3)4-6(7,8)9;1-6(2,3)4-5(7)8;1-5-6(2,3)4;1-5(2,3)4-6/h5-6H2,1-4H3;4H2,1-3H3;5H,4H2,1-3H3;5H2,1-4H3;6H,4H2,1-3H3. The lowest BCUT2D eigenvalue weighted by Gasteiger charge is -2.19. The number of alkyl halides is 5. The van der Waals surface area contributed by atoms with Gasteiger partial charge in [0.15, 0.2) is 0 Å². The largest absolute Gasteiger partial charge is 0.389 e. The maximum Gasteiger partial charge on any atom is 0.389 e. The molecule has 0 aliphatic carbocycles. The summed E-state index contributed by atoms with van der Waals surface area (Å²) in [5.41, 5.74) is 0.629. The van der Waals surface area contributed by atoms with Crippen molar-refractivity contribution in [2.75, 3.05) is 5.75 Å². The molecule has 0 atom stereocenters. The summed E-state index contributed by atoms with van der Waals surface area (Å²) in [4.78, 5) is 0. The van der Waals surface area contributed by atoms with Crippen molar-refractivity contribution in [1.29, 1.82) is 0 Å². The van der Waals surface area contributed by atoms with Crippen LogP contribution < -0.4 is 0 Å². The third-order valence-corrected chi connectivity index (χ3v) is 4.98. The summed E-state index contributed by atoms with van der Waals surface area (Å²) in [6, 6.07) is 0. The number of hydrogen-bond acceptors (Lipinski definition) is 1. The number of rotatable bonds is 2. The van der Waals surface area contributed by atoms with Crippen molar-refractivity contribution >= 4 is 12.6 Å². The molecule has 36 heavy (non-hydrogen) atoms. The highest BCUT2D eigenvalue weighted by molar-refractivity contribution is 7.80. The lowest BCUT2D eigenvalue weighted by Crippen LogP contribution is -2.18. The van der Waals surface area contributed by atoms with Gasteiger partial charge in [-0.3, -0.25) is 0 Å². The van der Waals surface area contributed by atoms with Crippen LogP contribution in [0, 0.1) is 27.1 Å². The van der Waals surface area contributed by atoms with E-state index in [-0.39, 0.29) is 11.8 Å². The highest BCUT2D eigenvalue weighted by Crippen LogP contribution is 2.32. The van der Waals surface area contributed by atoms with Crippen molar-refractivity contribution < 1.29 is 22.0 Å². The minimum Gasteiger partial charge on any atom is -0.211 e. The zero-order chi connectivity index (χ0) is 30.8. The molecule has 0 saturated heterocycles. The molecule has 0 N–H and O–H groups in total. The predicted octanol–water partition coefficient (Wildman–Crippen LogP) is 12.9. The summed E-state index contributed by atoms with van der Waals surface area (Å²) >= 11 is 4.10. The molecule has 0 bridgehead atoms. The molecule has 0 spiro atoms. The minimum absolute atomic E-state index is 0.00694. The minimum atomic E-state index is -4.02. The van der Waals surface area contributed by atoms with Crippen molar-refractivity contribution in [2.45, 2.75) is 162 Å². The summed E-state index contributed by atoms with van der Waals surface area (Å²) in [5, 5.41) is 0. The van der Waals surface area contributed by atoms with Gasteiger partial charge in [-0.05, 0) is 39.2 Å². The summed E-state index contributed by atoms with van der Waals surface area (Å²) in [7, 11) is 0.